The van der Waals surface area contributed by atoms with Crippen molar-refractivity contribution in [2.45, 2.75) is 0 Å². The summed E-state index contributed by atoms with van der Waals surface area (Å²) in [6, 6.07) is 0. The van der Waals surface area contributed by atoms with Crippen LogP contribution >= 0.6 is 0 Å². The predicted octanol–water partition coefficient (Wildman–Crippen LogP) is 0.788. The molecule has 0 aliphatic heterocycles. The van der Waals surface area contributed by atoms with Gasteiger partial charge in [0.2, 0.25) is 0 Å². The van der Waals surface area contributed by atoms with Gasteiger partial charge in [0.15, 0.2) is 0 Å². The van der Waals surface area contributed by atoms with E-state index in [-0.39, 0.29) is 0 Å². The van der Waals surface area contributed by atoms with Crippen molar-refractivity contribution in [2.24, 2.45) is 0 Å². The summed E-state index contributed by atoms with van der Waals surface area (Å²) < 4.78 is 12.8. The molecule has 0 aromatic rings. The second-order valence-corrected chi connectivity index (χ2v) is 1.22. The van der Waals surface area contributed by atoms with E-state index < -0.39 is 0 Å². The van der Waals surface area contributed by atoms with Crippen LogP contribution in [0.1, 0.15) is 0 Å². The number of ether oxygens (including phenoxy) is 3. The molecule has 0 unspecified atom stereocenters. The van der Waals surface area contributed by atoms with Gasteiger partial charge in [-0.25, -0.2) is 0 Å². The Morgan fingerprint density at radius 2 is 0.444 bits per heavy atom. The first-order valence-corrected chi connectivity index (χ1v) is 2.45. The lowest BCUT2D eigenvalue weighted by atomic mass is 11.6. The first kappa shape index (κ1) is 15.9. The van der Waals surface area contributed by atoms with Gasteiger partial charge in [0, 0.05) is 42.7 Å². The van der Waals surface area contributed by atoms with Crippen molar-refractivity contribution in [3.63, 3.8) is 0 Å². The van der Waals surface area contributed by atoms with Crippen LogP contribution in [0.5, 0.6) is 0 Å². The Bertz CT molecular complexity index is 13.0. The summed E-state index contributed by atoms with van der Waals surface area (Å²) >= 11 is 0. The molecule has 0 aromatic heterocycles. The molecule has 0 radical (unpaired) electrons. The highest BCUT2D eigenvalue weighted by Gasteiger charge is 1.26. The molecule has 3 nitrogen and oxygen atoms in total. The van der Waals surface area contributed by atoms with Crippen molar-refractivity contribution in [3.05, 3.63) is 0 Å². The summed E-state index contributed by atoms with van der Waals surface area (Å²) in [5.74, 6) is 0. The highest BCUT2D eigenvalue weighted by molar-refractivity contribution is 3.57. The summed E-state index contributed by atoms with van der Waals surface area (Å²) in [4.78, 5) is 0. The van der Waals surface area contributed by atoms with Crippen LogP contribution in [0.4, 0.5) is 0 Å². The zero-order valence-electron chi connectivity index (χ0n) is 7.22. The van der Waals surface area contributed by atoms with E-state index in [0.29, 0.717) is 0 Å². The molecule has 0 saturated carbocycles. The van der Waals surface area contributed by atoms with Gasteiger partial charge in [-0.3, -0.25) is 0 Å². The summed E-state index contributed by atoms with van der Waals surface area (Å²) in [6.45, 7) is 0. The van der Waals surface area contributed by atoms with Crippen molar-refractivity contribution in [2.75, 3.05) is 42.7 Å². The second-order valence-electron chi connectivity index (χ2n) is 1.22. The molecule has 0 heterocycles. The largest absolute Gasteiger partial charge is 0.388 e. The smallest absolute Gasteiger partial charge is 0.0351 e. The molecule has 0 amide bonds. The number of methoxy groups -OCH3 is 3. The molecule has 0 atom stereocenters. The Morgan fingerprint density at radius 1 is 0.444 bits per heavy atom. The minimum atomic E-state index is 1.62. The average Bonchev–Trinajstić information content (AvgIpc) is 1.70. The normalized spacial score (nSPS) is 6.00. The SMILES string of the molecule is COC.COC.COC. The van der Waals surface area contributed by atoms with Crippen LogP contribution in [-0.2, 0) is 14.2 Å². The van der Waals surface area contributed by atoms with Crippen LogP contribution < -0.4 is 0 Å². The standard InChI is InChI=1S/3C2H6O/c3*1-3-2/h3*1-2H3. The molecule has 60 valence electrons. The van der Waals surface area contributed by atoms with Gasteiger partial charge in [0.25, 0.3) is 0 Å². The maximum atomic E-state index is 4.25. The monoisotopic (exact) mass is 138 g/mol. The van der Waals surface area contributed by atoms with Crippen LogP contribution in [0.2, 0.25) is 0 Å². The predicted molar refractivity (Wildman–Crippen MR) is 38.8 cm³/mol. The van der Waals surface area contributed by atoms with Crippen LogP contribution in [0.15, 0.2) is 0 Å². The zero-order chi connectivity index (χ0) is 8.12. The van der Waals surface area contributed by atoms with E-state index in [0.717, 1.165) is 0 Å². The Balaban J connectivity index is -0.0000000600. The second kappa shape index (κ2) is 45.0. The number of hydrogen-bond acceptors (Lipinski definition) is 3. The minimum Gasteiger partial charge on any atom is -0.388 e. The van der Waals surface area contributed by atoms with Crippen LogP contribution in [0, 0.1) is 0 Å². The summed E-state index contributed by atoms with van der Waals surface area (Å²) in [7, 11) is 9.75. The molecule has 0 rings (SSSR count). The Labute approximate surface area is 57.9 Å². The molecule has 0 aliphatic rings. The van der Waals surface area contributed by atoms with Gasteiger partial charge in [-0.15, -0.1) is 0 Å². The lowest BCUT2D eigenvalue weighted by molar-refractivity contribution is 0.277. The van der Waals surface area contributed by atoms with Gasteiger partial charge in [-0.05, 0) is 0 Å². The Kier molecular flexibility index (Phi) is 79.7. The van der Waals surface area contributed by atoms with E-state index in [2.05, 4.69) is 14.2 Å². The molecule has 9 heavy (non-hydrogen) atoms. The minimum absolute atomic E-state index is 1.62. The zero-order valence-corrected chi connectivity index (χ0v) is 7.22. The Morgan fingerprint density at radius 3 is 0.444 bits per heavy atom. The fourth-order valence-electron chi connectivity index (χ4n) is 0. The van der Waals surface area contributed by atoms with Crippen LogP contribution in [0.25, 0.3) is 0 Å². The topological polar surface area (TPSA) is 27.7 Å². The van der Waals surface area contributed by atoms with Gasteiger partial charge in [-0.1, -0.05) is 0 Å². The summed E-state index contributed by atoms with van der Waals surface area (Å²) in [5.41, 5.74) is 0. The fraction of sp³-hybridized carbons (Fsp3) is 1.00. The summed E-state index contributed by atoms with van der Waals surface area (Å²) in [5, 5.41) is 0. The molecule has 0 aliphatic carbocycles. The van der Waals surface area contributed by atoms with E-state index in [1.54, 1.807) is 42.7 Å². The number of rotatable bonds is 0. The molecule has 0 saturated heterocycles. The van der Waals surface area contributed by atoms with E-state index in [4.69, 9.17) is 0 Å². The van der Waals surface area contributed by atoms with Crippen molar-refractivity contribution >= 4 is 0 Å². The highest BCUT2D eigenvalue weighted by Crippen LogP contribution is 1.29. The average molecular weight is 138 g/mol. The van der Waals surface area contributed by atoms with Crippen molar-refractivity contribution in [1.82, 2.24) is 0 Å². The molecule has 0 aromatic carbocycles. The van der Waals surface area contributed by atoms with Crippen molar-refractivity contribution < 1.29 is 14.2 Å². The molecule has 0 spiro atoms. The van der Waals surface area contributed by atoms with E-state index in [1.165, 1.54) is 0 Å². The van der Waals surface area contributed by atoms with E-state index in [1.807, 2.05) is 0 Å². The van der Waals surface area contributed by atoms with Crippen LogP contribution in [0.3, 0.4) is 0 Å². The molecular formula is C6H18O3. The highest BCUT2D eigenvalue weighted by atomic mass is 16.5. The first-order chi connectivity index (χ1) is 4.24. The summed E-state index contributed by atoms with van der Waals surface area (Å²) in [6.07, 6.45) is 0. The van der Waals surface area contributed by atoms with Gasteiger partial charge >= 0.3 is 0 Å². The van der Waals surface area contributed by atoms with Gasteiger partial charge in [0.05, 0.1) is 0 Å². The maximum absolute atomic E-state index is 4.25. The lowest BCUT2D eigenvalue weighted by Gasteiger charge is -1.61. The number of hydrogen-bond donors (Lipinski definition) is 0. The van der Waals surface area contributed by atoms with Crippen molar-refractivity contribution in [3.8, 4) is 0 Å². The molecule has 0 N–H and O–H groups in total. The quantitative estimate of drug-likeness (QED) is 0.495. The molecular weight excluding hydrogens is 120 g/mol. The van der Waals surface area contributed by atoms with Gasteiger partial charge < -0.3 is 14.2 Å². The molecule has 0 bridgehead atoms. The van der Waals surface area contributed by atoms with E-state index in [9.17, 15) is 0 Å². The maximum Gasteiger partial charge on any atom is 0.0351 e. The first-order valence-electron chi connectivity index (χ1n) is 2.45. The third-order valence-electron chi connectivity index (χ3n) is 0. The van der Waals surface area contributed by atoms with Gasteiger partial charge in [0.1, 0.15) is 0 Å². The van der Waals surface area contributed by atoms with E-state index >= 15 is 0 Å². The van der Waals surface area contributed by atoms with Crippen molar-refractivity contribution in [1.29, 1.82) is 0 Å². The third kappa shape index (κ3) is 18900. The molecule has 0 fully saturated rings. The molecule has 3 heteroatoms. The van der Waals surface area contributed by atoms with Crippen LogP contribution in [-0.4, -0.2) is 42.7 Å². The van der Waals surface area contributed by atoms with Gasteiger partial charge in [-0.2, -0.15) is 0 Å². The lowest BCUT2D eigenvalue weighted by Crippen LogP contribution is -1.55. The fourth-order valence-corrected chi connectivity index (χ4v) is 0. The third-order valence-corrected chi connectivity index (χ3v) is 0. The Hall–Kier alpha value is -0.120.